The minimum absolute atomic E-state index is 0.203. The first-order chi connectivity index (χ1) is 16.0. The van der Waals surface area contributed by atoms with Gasteiger partial charge in [0.15, 0.2) is 5.54 Å². The molecule has 0 spiro atoms. The second-order valence-corrected chi connectivity index (χ2v) is 9.24. The number of rotatable bonds is 10. The summed E-state index contributed by atoms with van der Waals surface area (Å²) in [5.41, 5.74) is 10.3. The lowest BCUT2D eigenvalue weighted by molar-refractivity contribution is -0.144. The van der Waals surface area contributed by atoms with Crippen LogP contribution in [0.3, 0.4) is 0 Å². The monoisotopic (exact) mass is 448 g/mol. The Morgan fingerprint density at radius 1 is 1.06 bits per heavy atom. The lowest BCUT2D eigenvalue weighted by atomic mass is 9.88. The molecule has 3 N–H and O–H groups in total. The third-order valence-electron chi connectivity index (χ3n) is 7.01. The topological polar surface area (TPSA) is 84.4 Å². The Kier molecular flexibility index (Phi) is 7.15. The number of likely N-dealkylation sites (tertiary alicyclic amines) is 1. The van der Waals surface area contributed by atoms with Crippen LogP contribution in [0, 0.1) is 0 Å². The van der Waals surface area contributed by atoms with Crippen LogP contribution in [0.4, 0.5) is 0 Å². The molecule has 1 saturated heterocycles. The van der Waals surface area contributed by atoms with Crippen molar-refractivity contribution in [3.05, 3.63) is 65.0 Å². The molecule has 0 saturated carbocycles. The van der Waals surface area contributed by atoms with Crippen LogP contribution in [-0.4, -0.2) is 45.2 Å². The van der Waals surface area contributed by atoms with Gasteiger partial charge in [-0.05, 0) is 80.6 Å². The van der Waals surface area contributed by atoms with E-state index >= 15 is 0 Å². The number of imidazole rings is 1. The van der Waals surface area contributed by atoms with E-state index in [1.54, 1.807) is 0 Å². The van der Waals surface area contributed by atoms with E-state index in [9.17, 15) is 9.90 Å². The smallest absolute Gasteiger partial charge is 0.331 e. The summed E-state index contributed by atoms with van der Waals surface area (Å²) in [6.07, 6.45) is 5.55. The molecule has 4 rings (SSSR count). The lowest BCUT2D eigenvalue weighted by Gasteiger charge is -2.26. The van der Waals surface area contributed by atoms with E-state index in [0.29, 0.717) is 12.4 Å². The summed E-state index contributed by atoms with van der Waals surface area (Å²) in [5.74, 6) is -0.605. The van der Waals surface area contributed by atoms with E-state index < -0.39 is 11.5 Å². The van der Waals surface area contributed by atoms with Crippen molar-refractivity contribution in [1.29, 1.82) is 0 Å². The number of para-hydroxylation sites is 2. The summed E-state index contributed by atoms with van der Waals surface area (Å²) in [6.45, 7) is 8.29. The predicted molar refractivity (Wildman–Crippen MR) is 132 cm³/mol. The Bertz CT molecular complexity index is 1120. The van der Waals surface area contributed by atoms with Crippen LogP contribution in [0.15, 0.2) is 42.5 Å². The summed E-state index contributed by atoms with van der Waals surface area (Å²) >= 11 is 0. The number of aryl methyl sites for hydroxylation is 3. The molecule has 1 fully saturated rings. The Morgan fingerprint density at radius 3 is 2.48 bits per heavy atom. The Labute approximate surface area is 196 Å². The highest BCUT2D eigenvalue weighted by Crippen LogP contribution is 2.29. The molecular formula is C27H36N4O2. The molecule has 0 amide bonds. The van der Waals surface area contributed by atoms with E-state index in [1.807, 2.05) is 34.9 Å². The van der Waals surface area contributed by atoms with Crippen LogP contribution in [0.5, 0.6) is 0 Å². The molecule has 176 valence electrons. The molecule has 1 unspecified atom stereocenters. The highest BCUT2D eigenvalue weighted by atomic mass is 16.4. The molecule has 1 aliphatic rings. The molecule has 0 bridgehead atoms. The number of hydrogen-bond acceptors (Lipinski definition) is 4. The zero-order valence-electron chi connectivity index (χ0n) is 19.9. The van der Waals surface area contributed by atoms with E-state index in [2.05, 4.69) is 30.9 Å². The van der Waals surface area contributed by atoms with Gasteiger partial charge in [-0.1, -0.05) is 44.2 Å². The molecule has 0 radical (unpaired) electrons. The van der Waals surface area contributed by atoms with Crippen LogP contribution in [0.1, 0.15) is 55.6 Å². The number of nitrogens with two attached hydrogens (primary N) is 1. The number of aromatic nitrogens is 2. The van der Waals surface area contributed by atoms with Crippen molar-refractivity contribution in [3.63, 3.8) is 0 Å². The van der Waals surface area contributed by atoms with Gasteiger partial charge in [-0.2, -0.15) is 0 Å². The van der Waals surface area contributed by atoms with Gasteiger partial charge in [-0.25, -0.2) is 9.78 Å². The maximum Gasteiger partial charge on any atom is 0.331 e. The van der Waals surface area contributed by atoms with E-state index in [1.165, 1.54) is 24.0 Å². The maximum atomic E-state index is 12.6. The van der Waals surface area contributed by atoms with Crippen molar-refractivity contribution in [2.75, 3.05) is 19.6 Å². The molecule has 33 heavy (non-hydrogen) atoms. The number of carboxylic acid groups (broad SMARTS) is 1. The molecule has 6 heteroatoms. The van der Waals surface area contributed by atoms with Crippen molar-refractivity contribution >= 4 is 17.0 Å². The van der Waals surface area contributed by atoms with E-state index in [4.69, 9.17) is 10.7 Å². The Morgan fingerprint density at radius 2 is 1.79 bits per heavy atom. The van der Waals surface area contributed by atoms with Crippen LogP contribution in [0.2, 0.25) is 0 Å². The van der Waals surface area contributed by atoms with Crippen molar-refractivity contribution in [3.8, 4) is 0 Å². The standard InChI is InChI=1S/C27H36N4O2/c1-3-21-13-12-20(18-22(21)4-2)19-27(28,26(32)33)25-29-23-10-5-6-11-24(23)31(25)17-9-16-30-14-7-8-15-30/h5-6,10-13,18H,3-4,7-9,14-17,19,28H2,1-2H3,(H,32,33). The normalized spacial score (nSPS) is 16.3. The number of benzene rings is 2. The molecule has 2 aromatic carbocycles. The molecule has 0 aliphatic carbocycles. The summed E-state index contributed by atoms with van der Waals surface area (Å²) < 4.78 is 2.04. The zero-order valence-corrected chi connectivity index (χ0v) is 19.9. The number of hydrogen-bond donors (Lipinski definition) is 2. The summed E-state index contributed by atoms with van der Waals surface area (Å²) in [6, 6.07) is 14.1. The van der Waals surface area contributed by atoms with Gasteiger partial charge in [-0.3, -0.25) is 0 Å². The average molecular weight is 449 g/mol. The maximum absolute atomic E-state index is 12.6. The lowest BCUT2D eigenvalue weighted by Crippen LogP contribution is -2.49. The molecule has 1 atom stereocenters. The van der Waals surface area contributed by atoms with Crippen LogP contribution in [-0.2, 0) is 36.1 Å². The highest BCUT2D eigenvalue weighted by molar-refractivity contribution is 5.83. The largest absolute Gasteiger partial charge is 0.480 e. The van der Waals surface area contributed by atoms with Crippen LogP contribution in [0.25, 0.3) is 11.0 Å². The van der Waals surface area contributed by atoms with Gasteiger partial charge < -0.3 is 20.3 Å². The number of carboxylic acids is 1. The van der Waals surface area contributed by atoms with E-state index in [-0.39, 0.29) is 6.42 Å². The molecule has 1 aromatic heterocycles. The van der Waals surface area contributed by atoms with Gasteiger partial charge in [0.1, 0.15) is 5.82 Å². The average Bonchev–Trinajstić information content (AvgIpc) is 3.47. The summed E-state index contributed by atoms with van der Waals surface area (Å²) in [5, 5.41) is 10.3. The first kappa shape index (κ1) is 23.5. The van der Waals surface area contributed by atoms with Crippen molar-refractivity contribution in [1.82, 2.24) is 14.5 Å². The summed E-state index contributed by atoms with van der Waals surface area (Å²) in [7, 11) is 0. The molecule has 6 nitrogen and oxygen atoms in total. The Balaban J connectivity index is 1.69. The molecule has 3 aromatic rings. The fourth-order valence-corrected chi connectivity index (χ4v) is 5.14. The SMILES string of the molecule is CCc1ccc(CC(N)(C(=O)O)c2nc3ccccc3n2CCCN2CCCC2)cc1CC. The quantitative estimate of drug-likeness (QED) is 0.487. The minimum Gasteiger partial charge on any atom is -0.480 e. The van der Waals surface area contributed by atoms with Crippen molar-refractivity contribution in [2.24, 2.45) is 5.73 Å². The van der Waals surface area contributed by atoms with Gasteiger partial charge in [-0.15, -0.1) is 0 Å². The van der Waals surface area contributed by atoms with Gasteiger partial charge in [0, 0.05) is 13.0 Å². The summed E-state index contributed by atoms with van der Waals surface area (Å²) in [4.78, 5) is 19.9. The third kappa shape index (κ3) is 4.82. The number of aliphatic carboxylic acids is 1. The van der Waals surface area contributed by atoms with Gasteiger partial charge in [0.05, 0.1) is 11.0 Å². The third-order valence-corrected chi connectivity index (χ3v) is 7.01. The Hall–Kier alpha value is -2.70. The van der Waals surface area contributed by atoms with Gasteiger partial charge >= 0.3 is 5.97 Å². The van der Waals surface area contributed by atoms with Crippen molar-refractivity contribution in [2.45, 2.75) is 64.5 Å². The molecule has 2 heterocycles. The first-order valence-electron chi connectivity index (χ1n) is 12.3. The van der Waals surface area contributed by atoms with Crippen LogP contribution >= 0.6 is 0 Å². The fraction of sp³-hybridized carbons (Fsp3) is 0.481. The van der Waals surface area contributed by atoms with Gasteiger partial charge in [0.2, 0.25) is 0 Å². The van der Waals surface area contributed by atoms with Crippen molar-refractivity contribution < 1.29 is 9.90 Å². The number of carbonyl (C=O) groups is 1. The first-order valence-corrected chi connectivity index (χ1v) is 12.3. The number of nitrogens with zero attached hydrogens (tertiary/aromatic N) is 3. The minimum atomic E-state index is -1.61. The van der Waals surface area contributed by atoms with Crippen LogP contribution < -0.4 is 5.73 Å². The molecular weight excluding hydrogens is 412 g/mol. The fourth-order valence-electron chi connectivity index (χ4n) is 5.14. The molecule has 1 aliphatic heterocycles. The zero-order chi connectivity index (χ0) is 23.4. The second kappa shape index (κ2) is 10.1. The van der Waals surface area contributed by atoms with Gasteiger partial charge in [0.25, 0.3) is 0 Å². The highest BCUT2D eigenvalue weighted by Gasteiger charge is 2.41. The van der Waals surface area contributed by atoms with E-state index in [0.717, 1.165) is 55.5 Å². The predicted octanol–water partition coefficient (Wildman–Crippen LogP) is 4.13. The number of fused-ring (bicyclic) bond motifs is 1. The second-order valence-electron chi connectivity index (χ2n) is 9.24.